The second kappa shape index (κ2) is 3.58. The van der Waals surface area contributed by atoms with Crippen LogP contribution in [0.25, 0.3) is 0 Å². The molecule has 0 radical (unpaired) electrons. The van der Waals surface area contributed by atoms with E-state index < -0.39 is 5.82 Å². The van der Waals surface area contributed by atoms with E-state index in [0.29, 0.717) is 5.75 Å². The summed E-state index contributed by atoms with van der Waals surface area (Å²) in [6, 6.07) is 3.03. The van der Waals surface area contributed by atoms with Gasteiger partial charge in [-0.15, -0.1) is 0 Å². The summed E-state index contributed by atoms with van der Waals surface area (Å²) >= 11 is 7.55. The molecule has 60 valence electrons. The maximum absolute atomic E-state index is 12.8. The van der Waals surface area contributed by atoms with E-state index in [1.165, 1.54) is 13.2 Å². The highest BCUT2D eigenvalue weighted by molar-refractivity contribution is 14.1. The Balaban J connectivity index is 3.24. The van der Waals surface area contributed by atoms with Crippen LogP contribution in [0.4, 0.5) is 4.39 Å². The number of ether oxygens (including phenoxy) is 1. The molecule has 0 aliphatic heterocycles. The van der Waals surface area contributed by atoms with E-state index in [1.54, 1.807) is 6.07 Å². The van der Waals surface area contributed by atoms with Crippen LogP contribution in [0.15, 0.2) is 12.1 Å². The summed E-state index contributed by atoms with van der Waals surface area (Å²) < 4.78 is 18.4. The third kappa shape index (κ3) is 1.96. The predicted octanol–water partition coefficient (Wildman–Crippen LogP) is 3.09. The molecule has 0 fully saturated rings. The van der Waals surface area contributed by atoms with Crippen LogP contribution < -0.4 is 4.74 Å². The van der Waals surface area contributed by atoms with Crippen molar-refractivity contribution in [2.75, 3.05) is 7.11 Å². The third-order valence-corrected chi connectivity index (χ3v) is 2.17. The molecule has 0 aliphatic rings. The molecule has 1 aromatic rings. The Labute approximate surface area is 82.6 Å². The molecule has 0 unspecified atom stereocenters. The fourth-order valence-corrected chi connectivity index (χ4v) is 1.42. The van der Waals surface area contributed by atoms with Crippen molar-refractivity contribution < 1.29 is 9.13 Å². The lowest BCUT2D eigenvalue weighted by atomic mass is 10.3. The van der Waals surface area contributed by atoms with E-state index in [-0.39, 0.29) is 5.02 Å². The van der Waals surface area contributed by atoms with Crippen molar-refractivity contribution in [3.05, 3.63) is 26.5 Å². The molecule has 0 bridgehead atoms. The standard InChI is InChI=1S/C7H5ClFIO/c1-11-6-3-4(10)2-5(9)7(6)8/h2-3H,1H3. The third-order valence-electron chi connectivity index (χ3n) is 1.18. The average molecular weight is 286 g/mol. The molecule has 0 atom stereocenters. The normalized spacial score (nSPS) is 9.82. The molecular formula is C7H5ClFIO. The second-order valence-corrected chi connectivity index (χ2v) is 3.53. The van der Waals surface area contributed by atoms with Gasteiger partial charge in [-0.05, 0) is 34.7 Å². The zero-order chi connectivity index (χ0) is 8.43. The Morgan fingerprint density at radius 1 is 1.55 bits per heavy atom. The summed E-state index contributed by atoms with van der Waals surface area (Å²) in [6.45, 7) is 0. The molecular weight excluding hydrogens is 281 g/mol. The van der Waals surface area contributed by atoms with Gasteiger partial charge < -0.3 is 4.74 Å². The molecule has 1 rings (SSSR count). The quantitative estimate of drug-likeness (QED) is 0.569. The molecule has 4 heteroatoms. The first-order chi connectivity index (χ1) is 5.15. The van der Waals surface area contributed by atoms with Crippen molar-refractivity contribution in [2.45, 2.75) is 0 Å². The number of rotatable bonds is 1. The predicted molar refractivity (Wildman–Crippen MR) is 50.7 cm³/mol. The van der Waals surface area contributed by atoms with Gasteiger partial charge >= 0.3 is 0 Å². The van der Waals surface area contributed by atoms with E-state index in [2.05, 4.69) is 0 Å². The van der Waals surface area contributed by atoms with Crippen molar-refractivity contribution in [1.82, 2.24) is 0 Å². The molecule has 0 spiro atoms. The van der Waals surface area contributed by atoms with Crippen molar-refractivity contribution in [2.24, 2.45) is 0 Å². The Kier molecular flexibility index (Phi) is 2.95. The van der Waals surface area contributed by atoms with Crippen LogP contribution in [0, 0.1) is 9.39 Å². The van der Waals surface area contributed by atoms with Crippen LogP contribution in [-0.2, 0) is 0 Å². The molecule has 0 amide bonds. The molecule has 0 aromatic heterocycles. The lowest BCUT2D eigenvalue weighted by Gasteiger charge is -2.03. The zero-order valence-electron chi connectivity index (χ0n) is 5.70. The first kappa shape index (κ1) is 9.06. The monoisotopic (exact) mass is 286 g/mol. The Morgan fingerprint density at radius 3 is 2.73 bits per heavy atom. The molecule has 1 aromatic carbocycles. The second-order valence-electron chi connectivity index (χ2n) is 1.90. The Hall–Kier alpha value is -0.0300. The number of benzene rings is 1. The van der Waals surface area contributed by atoms with Gasteiger partial charge in [-0.3, -0.25) is 0 Å². The Bertz CT molecular complexity index is 277. The van der Waals surface area contributed by atoms with E-state index in [4.69, 9.17) is 16.3 Å². The first-order valence-electron chi connectivity index (χ1n) is 2.83. The number of hydrogen-bond donors (Lipinski definition) is 0. The highest BCUT2D eigenvalue weighted by Gasteiger charge is 2.07. The highest BCUT2D eigenvalue weighted by atomic mass is 127. The van der Waals surface area contributed by atoms with Crippen molar-refractivity contribution >= 4 is 34.2 Å². The van der Waals surface area contributed by atoms with Gasteiger partial charge in [-0.2, -0.15) is 0 Å². The van der Waals surface area contributed by atoms with E-state index >= 15 is 0 Å². The molecule has 0 N–H and O–H groups in total. The van der Waals surface area contributed by atoms with Crippen LogP contribution in [0.2, 0.25) is 5.02 Å². The van der Waals surface area contributed by atoms with E-state index in [1.807, 2.05) is 22.6 Å². The fourth-order valence-electron chi connectivity index (χ4n) is 0.681. The van der Waals surface area contributed by atoms with Crippen LogP contribution in [0.3, 0.4) is 0 Å². The zero-order valence-corrected chi connectivity index (χ0v) is 8.61. The van der Waals surface area contributed by atoms with Crippen molar-refractivity contribution in [3.63, 3.8) is 0 Å². The minimum absolute atomic E-state index is 0.0351. The van der Waals surface area contributed by atoms with Gasteiger partial charge in [0.1, 0.15) is 16.6 Å². The van der Waals surface area contributed by atoms with Crippen LogP contribution in [0.5, 0.6) is 5.75 Å². The molecule has 0 saturated carbocycles. The molecule has 0 heterocycles. The maximum atomic E-state index is 12.8. The maximum Gasteiger partial charge on any atom is 0.146 e. The summed E-state index contributed by atoms with van der Waals surface area (Å²) in [5.74, 6) is -0.0773. The van der Waals surface area contributed by atoms with Gasteiger partial charge in [-0.1, -0.05) is 11.6 Å². The first-order valence-corrected chi connectivity index (χ1v) is 4.29. The van der Waals surface area contributed by atoms with Crippen LogP contribution in [0.1, 0.15) is 0 Å². The largest absolute Gasteiger partial charge is 0.495 e. The number of methoxy groups -OCH3 is 1. The fraction of sp³-hybridized carbons (Fsp3) is 0.143. The number of hydrogen-bond acceptors (Lipinski definition) is 1. The van der Waals surface area contributed by atoms with Crippen molar-refractivity contribution in [3.8, 4) is 5.75 Å². The summed E-state index contributed by atoms with van der Waals surface area (Å²) in [5, 5.41) is 0.0351. The molecule has 0 aliphatic carbocycles. The summed E-state index contributed by atoms with van der Waals surface area (Å²) in [4.78, 5) is 0. The van der Waals surface area contributed by atoms with Gasteiger partial charge in [0.15, 0.2) is 0 Å². The highest BCUT2D eigenvalue weighted by Crippen LogP contribution is 2.28. The molecule has 11 heavy (non-hydrogen) atoms. The van der Waals surface area contributed by atoms with Crippen molar-refractivity contribution in [1.29, 1.82) is 0 Å². The number of halogens is 3. The lowest BCUT2D eigenvalue weighted by Crippen LogP contribution is -1.88. The topological polar surface area (TPSA) is 9.23 Å². The van der Waals surface area contributed by atoms with Gasteiger partial charge in [0.05, 0.1) is 7.11 Å². The van der Waals surface area contributed by atoms with Gasteiger partial charge in [0.25, 0.3) is 0 Å². The van der Waals surface area contributed by atoms with Gasteiger partial charge in [0, 0.05) is 3.57 Å². The lowest BCUT2D eigenvalue weighted by molar-refractivity contribution is 0.411. The van der Waals surface area contributed by atoms with Crippen LogP contribution >= 0.6 is 34.2 Å². The summed E-state index contributed by atoms with van der Waals surface area (Å²) in [7, 11) is 1.46. The van der Waals surface area contributed by atoms with E-state index in [9.17, 15) is 4.39 Å². The van der Waals surface area contributed by atoms with E-state index in [0.717, 1.165) is 3.57 Å². The Morgan fingerprint density at radius 2 is 2.18 bits per heavy atom. The minimum Gasteiger partial charge on any atom is -0.495 e. The molecule has 1 nitrogen and oxygen atoms in total. The van der Waals surface area contributed by atoms with Gasteiger partial charge in [-0.25, -0.2) is 4.39 Å². The van der Waals surface area contributed by atoms with Crippen LogP contribution in [-0.4, -0.2) is 7.11 Å². The summed E-state index contributed by atoms with van der Waals surface area (Å²) in [6.07, 6.45) is 0. The minimum atomic E-state index is -0.449. The average Bonchev–Trinajstić information content (AvgIpc) is 1.96. The van der Waals surface area contributed by atoms with Gasteiger partial charge in [0.2, 0.25) is 0 Å². The smallest absolute Gasteiger partial charge is 0.146 e. The summed E-state index contributed by atoms with van der Waals surface area (Å²) in [5.41, 5.74) is 0. The molecule has 0 saturated heterocycles. The SMILES string of the molecule is COc1cc(I)cc(F)c1Cl.